The van der Waals surface area contributed by atoms with Crippen molar-refractivity contribution in [3.8, 4) is 5.75 Å². The van der Waals surface area contributed by atoms with Crippen LogP contribution in [0.15, 0.2) is 42.5 Å². The SMILES string of the molecule is O=C(c1ccc2c(c1)OCCN(CC(O)CN1CCc3ccccc3C1)C2=O)N1CCC(F)CC1. The first-order chi connectivity index (χ1) is 17.0. The smallest absolute Gasteiger partial charge is 0.257 e. The lowest BCUT2D eigenvalue weighted by Gasteiger charge is -2.32. The molecule has 0 spiro atoms. The Hall–Kier alpha value is -2.97. The molecule has 0 radical (unpaired) electrons. The van der Waals surface area contributed by atoms with Gasteiger partial charge in [-0.15, -0.1) is 0 Å². The number of likely N-dealkylation sites (tertiary alicyclic amines) is 1. The molecule has 3 aliphatic heterocycles. The van der Waals surface area contributed by atoms with E-state index in [0.717, 1.165) is 19.5 Å². The molecule has 1 saturated heterocycles. The number of piperidine rings is 1. The van der Waals surface area contributed by atoms with Gasteiger partial charge in [-0.3, -0.25) is 14.5 Å². The van der Waals surface area contributed by atoms with Gasteiger partial charge in [-0.2, -0.15) is 0 Å². The minimum absolute atomic E-state index is 0.171. The van der Waals surface area contributed by atoms with Crippen molar-refractivity contribution in [3.63, 3.8) is 0 Å². The van der Waals surface area contributed by atoms with E-state index in [2.05, 4.69) is 23.1 Å². The highest BCUT2D eigenvalue weighted by atomic mass is 19.1. The lowest BCUT2D eigenvalue weighted by molar-refractivity contribution is 0.0501. The van der Waals surface area contributed by atoms with Crippen LogP contribution in [0.4, 0.5) is 4.39 Å². The van der Waals surface area contributed by atoms with Crippen molar-refractivity contribution in [2.75, 3.05) is 45.9 Å². The molecule has 2 amide bonds. The van der Waals surface area contributed by atoms with Crippen molar-refractivity contribution in [1.82, 2.24) is 14.7 Å². The maximum absolute atomic E-state index is 13.4. The second kappa shape index (κ2) is 10.3. The third-order valence-corrected chi connectivity index (χ3v) is 7.19. The molecule has 1 atom stereocenters. The number of ether oxygens (including phenoxy) is 1. The number of fused-ring (bicyclic) bond motifs is 2. The van der Waals surface area contributed by atoms with E-state index in [9.17, 15) is 19.1 Å². The van der Waals surface area contributed by atoms with Crippen molar-refractivity contribution in [2.45, 2.75) is 38.1 Å². The number of aliphatic hydroxyl groups excluding tert-OH is 1. The normalized spacial score (nSPS) is 20.0. The number of benzene rings is 2. The standard InChI is InChI=1S/C27H32FN3O4/c28-22-8-11-30(12-9-22)26(33)20-5-6-24-25(15-20)35-14-13-31(27(24)34)18-23(32)17-29-10-7-19-3-1-2-4-21(19)16-29/h1-6,15,22-23,32H,7-14,16-18H2. The highest BCUT2D eigenvalue weighted by Crippen LogP contribution is 2.27. The molecule has 0 aromatic heterocycles. The molecule has 0 aliphatic carbocycles. The van der Waals surface area contributed by atoms with E-state index in [0.29, 0.717) is 55.9 Å². The van der Waals surface area contributed by atoms with E-state index in [4.69, 9.17) is 4.74 Å². The second-order valence-corrected chi connectivity index (χ2v) is 9.69. The van der Waals surface area contributed by atoms with Crippen LogP contribution in [0.3, 0.4) is 0 Å². The first-order valence-electron chi connectivity index (χ1n) is 12.4. The molecule has 5 rings (SSSR count). The summed E-state index contributed by atoms with van der Waals surface area (Å²) in [5, 5.41) is 10.8. The number of carbonyl (C=O) groups is 2. The maximum Gasteiger partial charge on any atom is 0.257 e. The van der Waals surface area contributed by atoms with Crippen molar-refractivity contribution in [1.29, 1.82) is 0 Å². The minimum Gasteiger partial charge on any atom is -0.491 e. The Morgan fingerprint density at radius 1 is 1.06 bits per heavy atom. The lowest BCUT2D eigenvalue weighted by atomic mass is 10.00. The molecule has 1 unspecified atom stereocenters. The molecule has 8 heteroatoms. The van der Waals surface area contributed by atoms with Crippen LogP contribution in [-0.2, 0) is 13.0 Å². The molecule has 3 heterocycles. The summed E-state index contributed by atoms with van der Waals surface area (Å²) in [5.74, 6) is -0.000911. The van der Waals surface area contributed by atoms with Crippen LogP contribution in [0.2, 0.25) is 0 Å². The molecular formula is C27H32FN3O4. The number of nitrogens with zero attached hydrogens (tertiary/aromatic N) is 3. The third-order valence-electron chi connectivity index (χ3n) is 7.19. The van der Waals surface area contributed by atoms with Gasteiger partial charge in [0, 0.05) is 44.8 Å². The van der Waals surface area contributed by atoms with Gasteiger partial charge in [-0.25, -0.2) is 4.39 Å². The zero-order chi connectivity index (χ0) is 24.4. The van der Waals surface area contributed by atoms with E-state index in [1.165, 1.54) is 11.1 Å². The fourth-order valence-electron chi connectivity index (χ4n) is 5.22. The van der Waals surface area contributed by atoms with E-state index in [-0.39, 0.29) is 25.0 Å². The largest absolute Gasteiger partial charge is 0.491 e. The minimum atomic E-state index is -0.848. The first kappa shape index (κ1) is 23.8. The van der Waals surface area contributed by atoms with Crippen LogP contribution < -0.4 is 4.74 Å². The molecule has 0 bridgehead atoms. The van der Waals surface area contributed by atoms with Gasteiger partial charge in [0.25, 0.3) is 11.8 Å². The zero-order valence-corrected chi connectivity index (χ0v) is 19.9. The fraction of sp³-hybridized carbons (Fsp3) is 0.481. The summed E-state index contributed by atoms with van der Waals surface area (Å²) < 4.78 is 19.3. The monoisotopic (exact) mass is 481 g/mol. The van der Waals surface area contributed by atoms with Gasteiger partial charge in [-0.1, -0.05) is 24.3 Å². The molecule has 7 nitrogen and oxygen atoms in total. The number of hydrogen-bond acceptors (Lipinski definition) is 5. The second-order valence-electron chi connectivity index (χ2n) is 9.69. The van der Waals surface area contributed by atoms with E-state index < -0.39 is 12.3 Å². The van der Waals surface area contributed by atoms with Crippen molar-refractivity contribution in [3.05, 3.63) is 64.7 Å². The Balaban J connectivity index is 1.21. The predicted molar refractivity (Wildman–Crippen MR) is 129 cm³/mol. The van der Waals surface area contributed by atoms with Gasteiger partial charge in [-0.05, 0) is 48.6 Å². The van der Waals surface area contributed by atoms with Crippen LogP contribution in [-0.4, -0.2) is 89.8 Å². The van der Waals surface area contributed by atoms with Gasteiger partial charge in [0.1, 0.15) is 18.5 Å². The molecule has 0 saturated carbocycles. The zero-order valence-electron chi connectivity index (χ0n) is 19.9. The summed E-state index contributed by atoms with van der Waals surface area (Å²) in [4.78, 5) is 31.6. The van der Waals surface area contributed by atoms with Crippen molar-refractivity contribution in [2.24, 2.45) is 0 Å². The lowest BCUT2D eigenvalue weighted by Crippen LogP contribution is -2.44. The van der Waals surface area contributed by atoms with Crippen molar-refractivity contribution >= 4 is 11.8 Å². The number of hydrogen-bond donors (Lipinski definition) is 1. The van der Waals surface area contributed by atoms with Crippen LogP contribution in [0.25, 0.3) is 0 Å². The Morgan fingerprint density at radius 3 is 2.63 bits per heavy atom. The summed E-state index contributed by atoms with van der Waals surface area (Å²) in [6, 6.07) is 13.2. The quantitative estimate of drug-likeness (QED) is 0.711. The topological polar surface area (TPSA) is 73.3 Å². The van der Waals surface area contributed by atoms with Gasteiger partial charge < -0.3 is 19.6 Å². The van der Waals surface area contributed by atoms with Gasteiger partial charge in [0.15, 0.2) is 0 Å². The molecule has 1 fully saturated rings. The maximum atomic E-state index is 13.4. The van der Waals surface area contributed by atoms with E-state index >= 15 is 0 Å². The molecule has 35 heavy (non-hydrogen) atoms. The highest BCUT2D eigenvalue weighted by molar-refractivity contribution is 6.00. The highest BCUT2D eigenvalue weighted by Gasteiger charge is 2.29. The fourth-order valence-corrected chi connectivity index (χ4v) is 5.22. The Kier molecular flexibility index (Phi) is 7.02. The molecule has 186 valence electrons. The average molecular weight is 482 g/mol. The molecule has 2 aromatic rings. The number of alkyl halides is 1. The number of carbonyl (C=O) groups excluding carboxylic acids is 2. The number of β-amino-alcohol motifs (C(OH)–C–C–N with tert-alkyl or cyclic N) is 1. The number of halogens is 1. The molecule has 2 aromatic carbocycles. The molecule has 1 N–H and O–H groups in total. The summed E-state index contributed by atoms with van der Waals surface area (Å²) in [7, 11) is 0. The average Bonchev–Trinajstić information content (AvgIpc) is 3.02. The summed E-state index contributed by atoms with van der Waals surface area (Å²) in [5.41, 5.74) is 3.48. The third kappa shape index (κ3) is 5.33. The Morgan fingerprint density at radius 2 is 1.83 bits per heavy atom. The number of rotatable bonds is 5. The van der Waals surface area contributed by atoms with Crippen LogP contribution in [0.5, 0.6) is 5.75 Å². The number of amides is 2. The van der Waals surface area contributed by atoms with Crippen LogP contribution >= 0.6 is 0 Å². The molecule has 3 aliphatic rings. The van der Waals surface area contributed by atoms with Gasteiger partial charge >= 0.3 is 0 Å². The number of aliphatic hydroxyl groups is 1. The van der Waals surface area contributed by atoms with E-state index in [1.54, 1.807) is 28.0 Å². The summed E-state index contributed by atoms with van der Waals surface area (Å²) >= 11 is 0. The molecular weight excluding hydrogens is 449 g/mol. The predicted octanol–water partition coefficient (Wildman–Crippen LogP) is 2.51. The summed E-state index contributed by atoms with van der Waals surface area (Å²) in [6.45, 7) is 3.83. The van der Waals surface area contributed by atoms with Gasteiger partial charge in [0.2, 0.25) is 0 Å². The first-order valence-corrected chi connectivity index (χ1v) is 12.4. The Bertz CT molecular complexity index is 1090. The Labute approximate surface area is 205 Å². The van der Waals surface area contributed by atoms with Gasteiger partial charge in [0.05, 0.1) is 18.2 Å². The van der Waals surface area contributed by atoms with Crippen LogP contribution in [0.1, 0.15) is 44.7 Å². The van der Waals surface area contributed by atoms with E-state index in [1.807, 2.05) is 6.07 Å². The van der Waals surface area contributed by atoms with Crippen LogP contribution in [0, 0.1) is 0 Å². The van der Waals surface area contributed by atoms with Crippen molar-refractivity contribution < 1.29 is 23.8 Å². The summed E-state index contributed by atoms with van der Waals surface area (Å²) in [6.07, 6.45) is 0.142.